The maximum atomic E-state index is 11.4. The Morgan fingerprint density at radius 2 is 1.94 bits per heavy atom. The summed E-state index contributed by atoms with van der Waals surface area (Å²) in [5, 5.41) is 0. The standard InChI is InChI=1S/C11H9BrN2O2/c12-8-3-1-7(2-4-8)9-5-6-16-10(9)11(15)14-13/h1-6H,13H2,(H,14,15). The quantitative estimate of drug-likeness (QED) is 0.504. The number of amides is 1. The third-order valence-corrected chi connectivity index (χ3v) is 2.69. The van der Waals surface area contributed by atoms with Crippen molar-refractivity contribution in [1.29, 1.82) is 0 Å². The van der Waals surface area contributed by atoms with E-state index in [1.807, 2.05) is 29.7 Å². The van der Waals surface area contributed by atoms with Crippen LogP contribution in [0, 0.1) is 0 Å². The zero-order valence-electron chi connectivity index (χ0n) is 8.24. The molecule has 0 radical (unpaired) electrons. The highest BCUT2D eigenvalue weighted by atomic mass is 79.9. The molecule has 0 saturated heterocycles. The summed E-state index contributed by atoms with van der Waals surface area (Å²) in [6, 6.07) is 9.30. The lowest BCUT2D eigenvalue weighted by molar-refractivity contribution is 0.0927. The number of carbonyl (C=O) groups excluding carboxylic acids is 1. The Morgan fingerprint density at radius 3 is 2.56 bits per heavy atom. The van der Waals surface area contributed by atoms with Crippen molar-refractivity contribution in [3.8, 4) is 11.1 Å². The number of hydrazine groups is 1. The Hall–Kier alpha value is -1.59. The minimum Gasteiger partial charge on any atom is -0.458 e. The molecule has 0 saturated carbocycles. The van der Waals surface area contributed by atoms with Crippen molar-refractivity contribution in [2.45, 2.75) is 0 Å². The lowest BCUT2D eigenvalue weighted by atomic mass is 10.1. The Morgan fingerprint density at radius 1 is 1.25 bits per heavy atom. The molecule has 0 aliphatic carbocycles. The lowest BCUT2D eigenvalue weighted by Crippen LogP contribution is -2.29. The highest BCUT2D eigenvalue weighted by molar-refractivity contribution is 9.10. The van der Waals surface area contributed by atoms with Gasteiger partial charge in [-0.1, -0.05) is 28.1 Å². The largest absolute Gasteiger partial charge is 0.458 e. The molecule has 0 unspecified atom stereocenters. The van der Waals surface area contributed by atoms with Crippen LogP contribution in [0.1, 0.15) is 10.6 Å². The van der Waals surface area contributed by atoms with Crippen LogP contribution in [0.3, 0.4) is 0 Å². The molecule has 1 amide bonds. The van der Waals surface area contributed by atoms with E-state index in [9.17, 15) is 4.79 Å². The summed E-state index contributed by atoms with van der Waals surface area (Å²) < 4.78 is 6.07. The molecule has 4 nitrogen and oxygen atoms in total. The molecular weight excluding hydrogens is 272 g/mol. The molecule has 5 heteroatoms. The van der Waals surface area contributed by atoms with Gasteiger partial charge in [0.1, 0.15) is 0 Å². The minimum atomic E-state index is -0.442. The first-order valence-electron chi connectivity index (χ1n) is 4.56. The zero-order valence-corrected chi connectivity index (χ0v) is 9.82. The predicted molar refractivity (Wildman–Crippen MR) is 63.5 cm³/mol. The van der Waals surface area contributed by atoms with Crippen LogP contribution < -0.4 is 11.3 Å². The summed E-state index contributed by atoms with van der Waals surface area (Å²) in [4.78, 5) is 11.4. The summed E-state index contributed by atoms with van der Waals surface area (Å²) in [7, 11) is 0. The van der Waals surface area contributed by atoms with Crippen molar-refractivity contribution >= 4 is 21.8 Å². The first kappa shape index (κ1) is 10.9. The minimum absolute atomic E-state index is 0.213. The molecule has 1 heterocycles. The van der Waals surface area contributed by atoms with E-state index in [-0.39, 0.29) is 5.76 Å². The average Bonchev–Trinajstić information content (AvgIpc) is 2.78. The van der Waals surface area contributed by atoms with Crippen LogP contribution in [0.4, 0.5) is 0 Å². The van der Waals surface area contributed by atoms with Crippen molar-refractivity contribution in [2.75, 3.05) is 0 Å². The number of hydrogen-bond acceptors (Lipinski definition) is 3. The normalized spacial score (nSPS) is 10.1. The van der Waals surface area contributed by atoms with Gasteiger partial charge in [-0.05, 0) is 23.8 Å². The van der Waals surface area contributed by atoms with Gasteiger partial charge in [0.25, 0.3) is 0 Å². The fraction of sp³-hybridized carbons (Fsp3) is 0. The summed E-state index contributed by atoms with van der Waals surface area (Å²) in [5.74, 6) is 4.84. The molecule has 0 aliphatic heterocycles. The second-order valence-corrected chi connectivity index (χ2v) is 4.06. The van der Waals surface area contributed by atoms with E-state index in [1.54, 1.807) is 6.07 Å². The molecule has 2 aromatic rings. The first-order chi connectivity index (χ1) is 7.72. The summed E-state index contributed by atoms with van der Waals surface area (Å²) in [5.41, 5.74) is 3.66. The molecule has 1 aromatic heterocycles. The van der Waals surface area contributed by atoms with E-state index in [0.29, 0.717) is 0 Å². The SMILES string of the molecule is NNC(=O)c1occc1-c1ccc(Br)cc1. The van der Waals surface area contributed by atoms with Crippen LogP contribution in [0.15, 0.2) is 45.5 Å². The van der Waals surface area contributed by atoms with Crippen molar-refractivity contribution in [2.24, 2.45) is 5.84 Å². The van der Waals surface area contributed by atoms with E-state index >= 15 is 0 Å². The molecule has 0 aliphatic rings. The monoisotopic (exact) mass is 280 g/mol. The molecule has 0 spiro atoms. The molecule has 0 bridgehead atoms. The molecule has 0 atom stereocenters. The average molecular weight is 281 g/mol. The van der Waals surface area contributed by atoms with Gasteiger partial charge >= 0.3 is 5.91 Å². The topological polar surface area (TPSA) is 68.3 Å². The second kappa shape index (κ2) is 4.51. The number of hydrogen-bond donors (Lipinski definition) is 2. The number of furan rings is 1. The van der Waals surface area contributed by atoms with Crippen LogP contribution in [0.2, 0.25) is 0 Å². The van der Waals surface area contributed by atoms with Gasteiger partial charge in [-0.3, -0.25) is 10.2 Å². The van der Waals surface area contributed by atoms with Crippen LogP contribution in [0.25, 0.3) is 11.1 Å². The van der Waals surface area contributed by atoms with Crippen LogP contribution >= 0.6 is 15.9 Å². The molecule has 2 rings (SSSR count). The molecule has 0 fully saturated rings. The Balaban J connectivity index is 2.44. The van der Waals surface area contributed by atoms with Crippen LogP contribution in [0.5, 0.6) is 0 Å². The smallest absolute Gasteiger partial charge is 0.301 e. The molecular formula is C11H9BrN2O2. The van der Waals surface area contributed by atoms with Gasteiger partial charge in [-0.25, -0.2) is 5.84 Å². The maximum Gasteiger partial charge on any atom is 0.301 e. The lowest BCUT2D eigenvalue weighted by Gasteiger charge is -2.01. The summed E-state index contributed by atoms with van der Waals surface area (Å²) in [6.07, 6.45) is 1.46. The van der Waals surface area contributed by atoms with Gasteiger partial charge in [0.2, 0.25) is 0 Å². The highest BCUT2D eigenvalue weighted by Gasteiger charge is 2.15. The van der Waals surface area contributed by atoms with E-state index in [1.165, 1.54) is 6.26 Å². The van der Waals surface area contributed by atoms with E-state index < -0.39 is 5.91 Å². The van der Waals surface area contributed by atoms with E-state index in [2.05, 4.69) is 15.9 Å². The fourth-order valence-electron chi connectivity index (χ4n) is 1.41. The van der Waals surface area contributed by atoms with E-state index in [0.717, 1.165) is 15.6 Å². The fourth-order valence-corrected chi connectivity index (χ4v) is 1.67. The highest BCUT2D eigenvalue weighted by Crippen LogP contribution is 2.26. The van der Waals surface area contributed by atoms with Gasteiger partial charge in [0.15, 0.2) is 5.76 Å². The second-order valence-electron chi connectivity index (χ2n) is 3.14. The zero-order chi connectivity index (χ0) is 11.5. The molecule has 16 heavy (non-hydrogen) atoms. The summed E-state index contributed by atoms with van der Waals surface area (Å²) >= 11 is 3.35. The first-order valence-corrected chi connectivity index (χ1v) is 5.36. The van der Waals surface area contributed by atoms with Crippen molar-refractivity contribution in [3.63, 3.8) is 0 Å². The molecule has 3 N–H and O–H groups in total. The number of nitrogens with one attached hydrogen (secondary N) is 1. The van der Waals surface area contributed by atoms with Crippen molar-refractivity contribution in [3.05, 3.63) is 46.8 Å². The van der Waals surface area contributed by atoms with Gasteiger partial charge < -0.3 is 4.42 Å². The third kappa shape index (κ3) is 2.00. The number of nitrogen functional groups attached to an aromatic ring is 1. The maximum absolute atomic E-state index is 11.4. The summed E-state index contributed by atoms with van der Waals surface area (Å²) in [6.45, 7) is 0. The van der Waals surface area contributed by atoms with Gasteiger partial charge in [-0.15, -0.1) is 0 Å². The van der Waals surface area contributed by atoms with Gasteiger partial charge in [-0.2, -0.15) is 0 Å². The van der Waals surface area contributed by atoms with Crippen LogP contribution in [-0.2, 0) is 0 Å². The number of benzene rings is 1. The molecule has 1 aromatic carbocycles. The predicted octanol–water partition coefficient (Wildman–Crippen LogP) is 2.31. The number of rotatable bonds is 2. The Bertz CT molecular complexity index is 505. The number of carbonyl (C=O) groups is 1. The van der Waals surface area contributed by atoms with Gasteiger partial charge in [0, 0.05) is 10.0 Å². The molecule has 82 valence electrons. The third-order valence-electron chi connectivity index (χ3n) is 2.16. The Labute approximate surface area is 101 Å². The van der Waals surface area contributed by atoms with Crippen molar-refractivity contribution in [1.82, 2.24) is 5.43 Å². The Kier molecular flexibility index (Phi) is 3.07. The van der Waals surface area contributed by atoms with Crippen LogP contribution in [-0.4, -0.2) is 5.91 Å². The van der Waals surface area contributed by atoms with Gasteiger partial charge in [0.05, 0.1) is 6.26 Å². The van der Waals surface area contributed by atoms with E-state index in [4.69, 9.17) is 10.3 Å². The van der Waals surface area contributed by atoms with Crippen molar-refractivity contribution < 1.29 is 9.21 Å². The number of nitrogens with two attached hydrogens (primary N) is 1. The number of halogens is 1.